The van der Waals surface area contributed by atoms with Gasteiger partial charge in [-0.1, -0.05) is 44.2 Å². The van der Waals surface area contributed by atoms with Crippen LogP contribution in [0.25, 0.3) is 10.6 Å². The molecule has 0 bridgehead atoms. The second-order valence-corrected chi connectivity index (χ2v) is 7.63. The number of nitrogens with one attached hydrogen (secondary N) is 1. The Balaban J connectivity index is 1.69. The van der Waals surface area contributed by atoms with Crippen molar-refractivity contribution in [1.29, 1.82) is 0 Å². The SMILES string of the molecule is COc1cc(-c2nc(C(=O)NCc3ccccc3)cs2)ccc1OCC(C)C. The van der Waals surface area contributed by atoms with Gasteiger partial charge in [0.1, 0.15) is 10.7 Å². The van der Waals surface area contributed by atoms with Gasteiger partial charge in [-0.3, -0.25) is 4.79 Å². The van der Waals surface area contributed by atoms with E-state index in [9.17, 15) is 4.79 Å². The van der Waals surface area contributed by atoms with E-state index in [1.807, 2.05) is 48.5 Å². The second-order valence-electron chi connectivity index (χ2n) is 6.78. The number of nitrogens with zero attached hydrogens (tertiary/aromatic N) is 1. The summed E-state index contributed by atoms with van der Waals surface area (Å²) in [7, 11) is 1.62. The summed E-state index contributed by atoms with van der Waals surface area (Å²) in [6.07, 6.45) is 0. The van der Waals surface area contributed by atoms with Gasteiger partial charge < -0.3 is 14.8 Å². The van der Waals surface area contributed by atoms with E-state index in [2.05, 4.69) is 24.1 Å². The minimum Gasteiger partial charge on any atom is -0.493 e. The molecule has 28 heavy (non-hydrogen) atoms. The molecule has 1 aromatic heterocycles. The maximum atomic E-state index is 12.4. The van der Waals surface area contributed by atoms with Crippen LogP contribution in [0.3, 0.4) is 0 Å². The lowest BCUT2D eigenvalue weighted by Gasteiger charge is -2.13. The van der Waals surface area contributed by atoms with Gasteiger partial charge in [0.25, 0.3) is 5.91 Å². The number of amides is 1. The standard InChI is InChI=1S/C22H24N2O3S/c1-15(2)13-27-19-10-9-17(11-20(19)26-3)22-24-18(14-28-22)21(25)23-12-16-7-5-4-6-8-16/h4-11,14-15H,12-13H2,1-3H3,(H,23,25). The summed E-state index contributed by atoms with van der Waals surface area (Å²) in [5.74, 6) is 1.61. The summed E-state index contributed by atoms with van der Waals surface area (Å²) in [5, 5.41) is 5.43. The fourth-order valence-electron chi connectivity index (χ4n) is 2.56. The lowest BCUT2D eigenvalue weighted by Crippen LogP contribution is -2.23. The maximum absolute atomic E-state index is 12.4. The lowest BCUT2D eigenvalue weighted by molar-refractivity contribution is 0.0946. The topological polar surface area (TPSA) is 60.5 Å². The molecule has 0 fully saturated rings. The number of hydrogen-bond acceptors (Lipinski definition) is 5. The number of hydrogen-bond donors (Lipinski definition) is 1. The second kappa shape index (κ2) is 9.37. The molecule has 1 heterocycles. The molecule has 0 aliphatic carbocycles. The fourth-order valence-corrected chi connectivity index (χ4v) is 3.35. The highest BCUT2D eigenvalue weighted by Crippen LogP contribution is 2.34. The van der Waals surface area contributed by atoms with E-state index < -0.39 is 0 Å². The molecule has 1 N–H and O–H groups in total. The zero-order valence-corrected chi connectivity index (χ0v) is 17.1. The van der Waals surface area contributed by atoms with Crippen LogP contribution < -0.4 is 14.8 Å². The Bertz CT molecular complexity index is 923. The average molecular weight is 397 g/mol. The summed E-state index contributed by atoms with van der Waals surface area (Å²) in [4.78, 5) is 16.9. The Labute approximate surface area is 169 Å². The Hall–Kier alpha value is -2.86. The van der Waals surface area contributed by atoms with Crippen LogP contribution in [0.1, 0.15) is 29.9 Å². The zero-order chi connectivity index (χ0) is 19.9. The van der Waals surface area contributed by atoms with Gasteiger partial charge in [-0.05, 0) is 29.7 Å². The van der Waals surface area contributed by atoms with Crippen molar-refractivity contribution in [1.82, 2.24) is 10.3 Å². The molecular formula is C22H24N2O3S. The average Bonchev–Trinajstić information content (AvgIpc) is 3.21. The third-order valence-electron chi connectivity index (χ3n) is 4.02. The largest absolute Gasteiger partial charge is 0.493 e. The van der Waals surface area contributed by atoms with Crippen LogP contribution in [0.5, 0.6) is 11.5 Å². The number of carbonyl (C=O) groups is 1. The van der Waals surface area contributed by atoms with Crippen molar-refractivity contribution < 1.29 is 14.3 Å². The van der Waals surface area contributed by atoms with Gasteiger partial charge in [0.15, 0.2) is 11.5 Å². The van der Waals surface area contributed by atoms with E-state index in [1.165, 1.54) is 11.3 Å². The predicted octanol–water partition coefficient (Wildman–Crippen LogP) is 4.78. The molecule has 146 valence electrons. The quantitative estimate of drug-likeness (QED) is 0.595. The number of ether oxygens (including phenoxy) is 2. The number of methoxy groups -OCH3 is 1. The molecule has 0 aliphatic rings. The van der Waals surface area contributed by atoms with Crippen LogP contribution in [-0.2, 0) is 6.54 Å². The first-order chi connectivity index (χ1) is 13.6. The van der Waals surface area contributed by atoms with Gasteiger partial charge >= 0.3 is 0 Å². The van der Waals surface area contributed by atoms with Crippen molar-refractivity contribution in [3.8, 4) is 22.1 Å². The van der Waals surface area contributed by atoms with E-state index >= 15 is 0 Å². The number of carbonyl (C=O) groups excluding carboxylic acids is 1. The Morgan fingerprint density at radius 1 is 1.14 bits per heavy atom. The van der Waals surface area contributed by atoms with Crippen molar-refractivity contribution in [3.63, 3.8) is 0 Å². The lowest BCUT2D eigenvalue weighted by atomic mass is 10.2. The molecule has 0 radical (unpaired) electrons. The summed E-state index contributed by atoms with van der Waals surface area (Å²) < 4.78 is 11.2. The van der Waals surface area contributed by atoms with Crippen LogP contribution in [-0.4, -0.2) is 24.6 Å². The van der Waals surface area contributed by atoms with Crippen molar-refractivity contribution >= 4 is 17.2 Å². The molecule has 0 spiro atoms. The smallest absolute Gasteiger partial charge is 0.271 e. The van der Waals surface area contributed by atoms with Gasteiger partial charge in [0.05, 0.1) is 13.7 Å². The Morgan fingerprint density at radius 3 is 2.64 bits per heavy atom. The van der Waals surface area contributed by atoms with Crippen molar-refractivity contribution in [2.24, 2.45) is 5.92 Å². The van der Waals surface area contributed by atoms with E-state index in [0.29, 0.717) is 36.3 Å². The molecule has 6 heteroatoms. The summed E-state index contributed by atoms with van der Waals surface area (Å²) >= 11 is 1.43. The normalized spacial score (nSPS) is 10.7. The van der Waals surface area contributed by atoms with E-state index in [1.54, 1.807) is 12.5 Å². The van der Waals surface area contributed by atoms with E-state index in [4.69, 9.17) is 9.47 Å². The van der Waals surface area contributed by atoms with Crippen LogP contribution in [0, 0.1) is 5.92 Å². The maximum Gasteiger partial charge on any atom is 0.271 e. The van der Waals surface area contributed by atoms with Crippen LogP contribution in [0.2, 0.25) is 0 Å². The van der Waals surface area contributed by atoms with Crippen molar-refractivity contribution in [3.05, 3.63) is 65.2 Å². The van der Waals surface area contributed by atoms with E-state index in [0.717, 1.165) is 16.1 Å². The molecule has 5 nitrogen and oxygen atoms in total. The highest BCUT2D eigenvalue weighted by molar-refractivity contribution is 7.13. The van der Waals surface area contributed by atoms with Crippen molar-refractivity contribution in [2.45, 2.75) is 20.4 Å². The minimum absolute atomic E-state index is 0.185. The molecular weight excluding hydrogens is 372 g/mol. The molecule has 0 saturated heterocycles. The van der Waals surface area contributed by atoms with Gasteiger partial charge in [-0.25, -0.2) is 4.98 Å². The van der Waals surface area contributed by atoms with Gasteiger partial charge in [-0.2, -0.15) is 0 Å². The molecule has 0 atom stereocenters. The van der Waals surface area contributed by atoms with Crippen LogP contribution >= 0.6 is 11.3 Å². The molecule has 3 rings (SSSR count). The van der Waals surface area contributed by atoms with Gasteiger partial charge in [-0.15, -0.1) is 11.3 Å². The molecule has 1 amide bonds. The molecule has 0 aliphatic heterocycles. The fraction of sp³-hybridized carbons (Fsp3) is 0.273. The van der Waals surface area contributed by atoms with Crippen molar-refractivity contribution in [2.75, 3.05) is 13.7 Å². The monoisotopic (exact) mass is 396 g/mol. The highest BCUT2D eigenvalue weighted by Gasteiger charge is 2.14. The van der Waals surface area contributed by atoms with E-state index in [-0.39, 0.29) is 5.91 Å². The van der Waals surface area contributed by atoms with Gasteiger partial charge in [0.2, 0.25) is 0 Å². The number of rotatable bonds is 8. The molecule has 0 saturated carbocycles. The Kier molecular flexibility index (Phi) is 6.66. The predicted molar refractivity (Wildman–Crippen MR) is 112 cm³/mol. The Morgan fingerprint density at radius 2 is 1.93 bits per heavy atom. The third-order valence-corrected chi connectivity index (χ3v) is 4.91. The first-order valence-electron chi connectivity index (χ1n) is 9.15. The summed E-state index contributed by atoms with van der Waals surface area (Å²) in [5.41, 5.74) is 2.35. The summed E-state index contributed by atoms with van der Waals surface area (Å²) in [6.45, 7) is 5.29. The number of benzene rings is 2. The molecule has 2 aromatic carbocycles. The molecule has 3 aromatic rings. The zero-order valence-electron chi connectivity index (χ0n) is 16.3. The van der Waals surface area contributed by atoms with Crippen LogP contribution in [0.4, 0.5) is 0 Å². The highest BCUT2D eigenvalue weighted by atomic mass is 32.1. The number of thiazole rings is 1. The third kappa shape index (κ3) is 5.10. The first-order valence-corrected chi connectivity index (χ1v) is 10.0. The summed E-state index contributed by atoms with van der Waals surface area (Å²) in [6, 6.07) is 15.5. The number of aromatic nitrogens is 1. The van der Waals surface area contributed by atoms with Crippen LogP contribution in [0.15, 0.2) is 53.9 Å². The first kappa shape index (κ1) is 19.9. The van der Waals surface area contributed by atoms with Gasteiger partial charge in [0, 0.05) is 17.5 Å². The minimum atomic E-state index is -0.185. The molecule has 0 unspecified atom stereocenters.